The van der Waals surface area contributed by atoms with Gasteiger partial charge in [-0.05, 0) is 25.7 Å². The van der Waals surface area contributed by atoms with E-state index in [0.29, 0.717) is 38.6 Å². The third-order valence-electron chi connectivity index (χ3n) is 5.42. The fraction of sp³-hybridized carbons (Fsp3) is 0.833. The van der Waals surface area contributed by atoms with Crippen molar-refractivity contribution in [2.24, 2.45) is 5.92 Å². The Morgan fingerprint density at radius 3 is 2.32 bits per heavy atom. The molecule has 1 atom stereocenters. The van der Waals surface area contributed by atoms with Gasteiger partial charge in [0.05, 0.1) is 12.5 Å². The summed E-state index contributed by atoms with van der Waals surface area (Å²) in [5, 5.41) is 3.01. The van der Waals surface area contributed by atoms with Crippen molar-refractivity contribution >= 4 is 17.7 Å². The number of carbonyl (C=O) groups excluding carboxylic acids is 3. The van der Waals surface area contributed by atoms with E-state index in [1.54, 1.807) is 0 Å². The van der Waals surface area contributed by atoms with E-state index < -0.39 is 0 Å². The molecule has 2 heterocycles. The molecule has 1 unspecified atom stereocenters. The van der Waals surface area contributed by atoms with Gasteiger partial charge in [-0.25, -0.2) is 0 Å². The van der Waals surface area contributed by atoms with Crippen molar-refractivity contribution in [1.82, 2.24) is 20.0 Å². The van der Waals surface area contributed by atoms with E-state index >= 15 is 0 Å². The number of nitrogens with one attached hydrogen (secondary N) is 1. The highest BCUT2D eigenvalue weighted by molar-refractivity contribution is 5.81. The Kier molecular flexibility index (Phi) is 5.93. The average molecular weight is 350 g/mol. The van der Waals surface area contributed by atoms with Crippen LogP contribution in [0.25, 0.3) is 0 Å². The van der Waals surface area contributed by atoms with Gasteiger partial charge in [0.15, 0.2) is 0 Å². The van der Waals surface area contributed by atoms with Crippen LogP contribution in [0, 0.1) is 5.92 Å². The normalized spacial score (nSPS) is 24.9. The zero-order chi connectivity index (χ0) is 17.8. The summed E-state index contributed by atoms with van der Waals surface area (Å²) >= 11 is 0. The van der Waals surface area contributed by atoms with Crippen LogP contribution in [-0.4, -0.2) is 84.3 Å². The number of nitrogens with zero attached hydrogens (tertiary/aromatic N) is 3. The lowest BCUT2D eigenvalue weighted by Gasteiger charge is -2.38. The number of carbonyl (C=O) groups is 3. The molecule has 140 valence electrons. The first-order chi connectivity index (χ1) is 12.1. The molecule has 3 fully saturated rings. The summed E-state index contributed by atoms with van der Waals surface area (Å²) in [5.41, 5.74) is 0. The molecule has 25 heavy (non-hydrogen) atoms. The Bertz CT molecular complexity index is 512. The molecule has 3 aliphatic rings. The maximum atomic E-state index is 12.8. The maximum Gasteiger partial charge on any atom is 0.234 e. The van der Waals surface area contributed by atoms with Crippen molar-refractivity contribution in [1.29, 1.82) is 0 Å². The van der Waals surface area contributed by atoms with Crippen molar-refractivity contribution in [3.63, 3.8) is 0 Å². The lowest BCUT2D eigenvalue weighted by molar-refractivity contribution is -0.142. The number of piperazine rings is 1. The third kappa shape index (κ3) is 4.93. The van der Waals surface area contributed by atoms with Crippen LogP contribution in [0.2, 0.25) is 0 Å². The smallest absolute Gasteiger partial charge is 0.234 e. The monoisotopic (exact) mass is 350 g/mol. The van der Waals surface area contributed by atoms with Gasteiger partial charge in [0.2, 0.25) is 17.7 Å². The van der Waals surface area contributed by atoms with E-state index in [1.807, 2.05) is 16.7 Å². The first-order valence-corrected chi connectivity index (χ1v) is 9.65. The van der Waals surface area contributed by atoms with Crippen LogP contribution in [0.15, 0.2) is 0 Å². The maximum absolute atomic E-state index is 12.8. The van der Waals surface area contributed by atoms with Gasteiger partial charge >= 0.3 is 0 Å². The van der Waals surface area contributed by atoms with E-state index in [2.05, 4.69) is 10.2 Å². The molecule has 7 heteroatoms. The van der Waals surface area contributed by atoms with Gasteiger partial charge in [0.1, 0.15) is 0 Å². The second-order valence-corrected chi connectivity index (χ2v) is 7.48. The Balaban J connectivity index is 1.43. The standard InChI is InChI=1S/C18H30N4O3/c1-2-17(24)22-7-3-4-14(12-22)18(25)21-10-8-20(9-11-21)13-16(23)19-15-5-6-15/h14-15H,2-13H2,1H3,(H,19,23). The number of amides is 3. The molecule has 1 aliphatic carbocycles. The molecule has 1 N–H and O–H groups in total. The Labute approximate surface area is 149 Å². The molecule has 0 spiro atoms. The minimum Gasteiger partial charge on any atom is -0.352 e. The van der Waals surface area contributed by atoms with Gasteiger partial charge in [-0.15, -0.1) is 0 Å². The molecule has 1 saturated carbocycles. The highest BCUT2D eigenvalue weighted by Gasteiger charge is 2.32. The third-order valence-corrected chi connectivity index (χ3v) is 5.42. The van der Waals surface area contributed by atoms with Gasteiger partial charge in [0.25, 0.3) is 0 Å². The summed E-state index contributed by atoms with van der Waals surface area (Å²) in [7, 11) is 0. The zero-order valence-corrected chi connectivity index (χ0v) is 15.2. The molecule has 0 radical (unpaired) electrons. The SMILES string of the molecule is CCC(=O)N1CCCC(C(=O)N2CCN(CC(=O)NC3CC3)CC2)C1. The quantitative estimate of drug-likeness (QED) is 0.761. The lowest BCUT2D eigenvalue weighted by atomic mass is 9.96. The van der Waals surface area contributed by atoms with E-state index in [9.17, 15) is 14.4 Å². The number of hydrogen-bond acceptors (Lipinski definition) is 4. The predicted octanol–water partition coefficient (Wildman–Crippen LogP) is 0.0578. The largest absolute Gasteiger partial charge is 0.352 e. The van der Waals surface area contributed by atoms with Gasteiger partial charge in [0, 0.05) is 51.7 Å². The van der Waals surface area contributed by atoms with Crippen LogP contribution in [-0.2, 0) is 14.4 Å². The number of rotatable bonds is 5. The molecule has 0 aromatic rings. The second-order valence-electron chi connectivity index (χ2n) is 7.48. The summed E-state index contributed by atoms with van der Waals surface area (Å²) in [4.78, 5) is 42.4. The highest BCUT2D eigenvalue weighted by atomic mass is 16.2. The Hall–Kier alpha value is -1.63. The first kappa shape index (κ1) is 18.2. The van der Waals surface area contributed by atoms with Crippen LogP contribution in [0.5, 0.6) is 0 Å². The summed E-state index contributed by atoms with van der Waals surface area (Å²) < 4.78 is 0. The summed E-state index contributed by atoms with van der Waals surface area (Å²) in [6.07, 6.45) is 4.49. The molecule has 0 aromatic heterocycles. The number of likely N-dealkylation sites (tertiary alicyclic amines) is 1. The van der Waals surface area contributed by atoms with Crippen molar-refractivity contribution in [3.05, 3.63) is 0 Å². The molecule has 2 aliphatic heterocycles. The molecular weight excluding hydrogens is 320 g/mol. The Morgan fingerprint density at radius 1 is 0.960 bits per heavy atom. The summed E-state index contributed by atoms with van der Waals surface area (Å²) in [6.45, 7) is 6.48. The summed E-state index contributed by atoms with van der Waals surface area (Å²) in [6, 6.07) is 0.399. The Morgan fingerprint density at radius 2 is 1.68 bits per heavy atom. The van der Waals surface area contributed by atoms with Crippen LogP contribution in [0.4, 0.5) is 0 Å². The lowest BCUT2D eigenvalue weighted by Crippen LogP contribution is -2.54. The van der Waals surface area contributed by atoms with Gasteiger partial charge < -0.3 is 15.1 Å². The minimum atomic E-state index is -0.0611. The molecule has 7 nitrogen and oxygen atoms in total. The predicted molar refractivity (Wildman–Crippen MR) is 93.8 cm³/mol. The minimum absolute atomic E-state index is 0.0611. The van der Waals surface area contributed by atoms with Crippen LogP contribution >= 0.6 is 0 Å². The molecule has 0 bridgehead atoms. The van der Waals surface area contributed by atoms with E-state index in [-0.39, 0.29) is 23.6 Å². The summed E-state index contributed by atoms with van der Waals surface area (Å²) in [5.74, 6) is 0.358. The number of hydrogen-bond donors (Lipinski definition) is 1. The van der Waals surface area contributed by atoms with Crippen molar-refractivity contribution in [2.45, 2.75) is 45.1 Å². The average Bonchev–Trinajstić information content (AvgIpc) is 3.45. The molecule has 0 aromatic carbocycles. The van der Waals surface area contributed by atoms with E-state index in [0.717, 1.165) is 45.3 Å². The van der Waals surface area contributed by atoms with Crippen LogP contribution in [0.3, 0.4) is 0 Å². The second kappa shape index (κ2) is 8.17. The highest BCUT2D eigenvalue weighted by Crippen LogP contribution is 2.21. The van der Waals surface area contributed by atoms with Gasteiger partial charge in [-0.2, -0.15) is 0 Å². The van der Waals surface area contributed by atoms with Gasteiger partial charge in [-0.3, -0.25) is 19.3 Å². The molecule has 3 amide bonds. The van der Waals surface area contributed by atoms with Crippen molar-refractivity contribution < 1.29 is 14.4 Å². The van der Waals surface area contributed by atoms with Crippen molar-refractivity contribution in [2.75, 3.05) is 45.8 Å². The topological polar surface area (TPSA) is 73.0 Å². The zero-order valence-electron chi connectivity index (χ0n) is 15.2. The fourth-order valence-corrected chi connectivity index (χ4v) is 3.72. The molecule has 3 rings (SSSR count). The van der Waals surface area contributed by atoms with Crippen LogP contribution in [0.1, 0.15) is 39.0 Å². The molecule has 2 saturated heterocycles. The van der Waals surface area contributed by atoms with E-state index in [1.165, 1.54) is 0 Å². The first-order valence-electron chi connectivity index (χ1n) is 9.65. The van der Waals surface area contributed by atoms with Crippen LogP contribution < -0.4 is 5.32 Å². The van der Waals surface area contributed by atoms with Crippen molar-refractivity contribution in [3.8, 4) is 0 Å². The fourth-order valence-electron chi connectivity index (χ4n) is 3.72. The molecular formula is C18H30N4O3. The van der Waals surface area contributed by atoms with Gasteiger partial charge in [-0.1, -0.05) is 6.92 Å². The van der Waals surface area contributed by atoms with E-state index in [4.69, 9.17) is 0 Å². The number of piperidine rings is 1.